The van der Waals surface area contributed by atoms with E-state index in [4.69, 9.17) is 26.0 Å². The van der Waals surface area contributed by atoms with Gasteiger partial charge < -0.3 is 0 Å². The van der Waals surface area contributed by atoms with E-state index >= 15 is 0 Å². The number of benzene rings is 6. The lowest BCUT2D eigenvalue weighted by molar-refractivity contribution is -0.243. The van der Waals surface area contributed by atoms with Gasteiger partial charge in [-0.3, -0.25) is 0 Å². The second kappa shape index (κ2) is 39.3. The molecule has 0 bridgehead atoms. The molecule has 4 aliphatic rings. The molecule has 0 amide bonds. The van der Waals surface area contributed by atoms with Gasteiger partial charge in [0.15, 0.2) is 0 Å². The van der Waals surface area contributed by atoms with Crippen molar-refractivity contribution in [1.29, 1.82) is 0 Å². The average Bonchev–Trinajstić information content (AvgIpc) is 0.749. The lowest BCUT2D eigenvalue weighted by atomic mass is 9.69. The van der Waals surface area contributed by atoms with Crippen molar-refractivity contribution in [2.75, 3.05) is 0 Å². The third kappa shape index (κ3) is 26.8. The molecule has 0 spiro atoms. The Morgan fingerprint density at radius 3 is 1.07 bits per heavy atom. The van der Waals surface area contributed by atoms with Gasteiger partial charge in [-0.05, 0) is 292 Å². The summed E-state index contributed by atoms with van der Waals surface area (Å²) in [4.78, 5) is 0. The van der Waals surface area contributed by atoms with Crippen molar-refractivity contribution >= 4 is 0 Å². The van der Waals surface area contributed by atoms with Crippen LogP contribution in [0.5, 0.6) is 0 Å². The summed E-state index contributed by atoms with van der Waals surface area (Å²) in [5.41, 5.74) is 7.72. The number of alkyl halides is 5. The highest BCUT2D eigenvalue weighted by Gasteiger charge is 2.54. The van der Waals surface area contributed by atoms with Crippen molar-refractivity contribution in [2.45, 2.75) is 333 Å². The Bertz CT molecular complexity index is 3970. The molecule has 4 aliphatic carbocycles. The van der Waals surface area contributed by atoms with Gasteiger partial charge in [0, 0.05) is 38.9 Å². The SMILES string of the molecule is CC.CC.CC.CC.CC(C)(C)C(C)(C)C(F)(F)F.[2H]C([2H])([2H])c1cc(-c2ccc(C3([2H])CCC(C)(C)CC3)cc2C([2H])([2H])[2H])c(C([2H])([2H])[2H])cc1C.[2H]C([2H])([2H])c1cc(C2([2H])CCC(C)(C)CC2)ccc1-c1ccc(C)c(C)c1C([2H])([2H])[2H].[2H]C1(C)CCC(F)(F)CC1.[2H]C1(c2ccc(-c3ccc(C)cc3)cc2)CCC(C)(C)CC1. The van der Waals surface area contributed by atoms with Crippen molar-refractivity contribution in [1.82, 2.24) is 0 Å². The lowest BCUT2D eigenvalue weighted by Crippen LogP contribution is -2.43. The van der Waals surface area contributed by atoms with Crippen LogP contribution in [0.3, 0.4) is 0 Å². The normalized spacial score (nSPS) is 22.3. The Kier molecular flexibility index (Phi) is 24.6. The zero-order valence-corrected chi connectivity index (χ0v) is 64.6. The Hall–Kier alpha value is -5.03. The van der Waals surface area contributed by atoms with Crippen LogP contribution < -0.4 is 0 Å². The van der Waals surface area contributed by atoms with E-state index in [1.807, 2.05) is 74.4 Å². The Morgan fingerprint density at radius 2 is 0.722 bits per heavy atom. The number of hydrogen-bond donors (Lipinski definition) is 0. The second-order valence-electron chi connectivity index (χ2n) is 30.1. The van der Waals surface area contributed by atoms with Crippen LogP contribution in [0.4, 0.5) is 22.0 Å². The van der Waals surface area contributed by atoms with E-state index in [0.29, 0.717) is 77.3 Å². The molecule has 0 aliphatic heterocycles. The maximum Gasteiger partial charge on any atom is 0.394 e. The number of halogens is 5. The first-order valence-electron chi connectivity index (χ1n) is 45.8. The molecule has 0 aromatic heterocycles. The molecule has 4 saturated carbocycles. The molecule has 0 atom stereocenters. The summed E-state index contributed by atoms with van der Waals surface area (Å²) in [6.07, 6.45) is 6.71. The molecule has 6 aromatic carbocycles. The van der Waals surface area contributed by atoms with Gasteiger partial charge >= 0.3 is 6.18 Å². The fourth-order valence-corrected chi connectivity index (χ4v) is 11.6. The summed E-state index contributed by atoms with van der Waals surface area (Å²) in [5.74, 6) is -5.20. The van der Waals surface area contributed by atoms with E-state index in [9.17, 15) is 22.0 Å². The van der Waals surface area contributed by atoms with Crippen LogP contribution in [0.2, 0.25) is 0 Å². The molecule has 0 nitrogen and oxygen atoms in total. The van der Waals surface area contributed by atoms with Crippen LogP contribution in [0, 0.1) is 94.9 Å². The first-order chi connectivity index (χ1) is 52.6. The molecular formula is C92H141F5. The van der Waals surface area contributed by atoms with Crippen molar-refractivity contribution in [2.24, 2.45) is 33.0 Å². The van der Waals surface area contributed by atoms with E-state index in [1.165, 1.54) is 54.3 Å². The Labute approximate surface area is 621 Å². The topological polar surface area (TPSA) is 0 Å². The van der Waals surface area contributed by atoms with Crippen molar-refractivity contribution in [3.8, 4) is 33.4 Å². The maximum atomic E-state index is 12.5. The Balaban J connectivity index is 0.000000510. The van der Waals surface area contributed by atoms with Gasteiger partial charge in [0.1, 0.15) is 0 Å². The maximum absolute atomic E-state index is 12.5. The smallest absolute Gasteiger partial charge is 0.207 e. The summed E-state index contributed by atoms with van der Waals surface area (Å²) in [5, 5.41) is 0. The highest BCUT2D eigenvalue weighted by molar-refractivity contribution is 5.73. The molecule has 10 rings (SSSR count). The molecule has 0 heterocycles. The van der Waals surface area contributed by atoms with Crippen molar-refractivity contribution in [3.63, 3.8) is 0 Å². The van der Waals surface area contributed by atoms with E-state index in [1.54, 1.807) is 71.9 Å². The fraction of sp³-hybridized carbons (Fsp3) is 0.609. The van der Waals surface area contributed by atoms with Crippen molar-refractivity contribution < 1.29 is 48.0 Å². The third-order valence-corrected chi connectivity index (χ3v) is 20.3. The first kappa shape index (κ1) is 60.7. The van der Waals surface area contributed by atoms with Gasteiger partial charge in [-0.25, -0.2) is 8.78 Å². The first-order valence-corrected chi connectivity index (χ1v) is 36.3. The summed E-state index contributed by atoms with van der Waals surface area (Å²) < 4.78 is 217. The summed E-state index contributed by atoms with van der Waals surface area (Å²) in [6.45, 7) is 33.3. The minimum atomic E-state index is -4.12. The summed E-state index contributed by atoms with van der Waals surface area (Å²) in [7, 11) is 0. The molecule has 0 N–H and O–H groups in total. The molecule has 0 radical (unpaired) electrons. The monoisotopic (exact) mass is 1360 g/mol. The van der Waals surface area contributed by atoms with Gasteiger partial charge in [-0.1, -0.05) is 253 Å². The van der Waals surface area contributed by atoms with Gasteiger partial charge in [-0.2, -0.15) is 13.2 Å². The van der Waals surface area contributed by atoms with E-state index < -0.39 is 74.9 Å². The van der Waals surface area contributed by atoms with Crippen LogP contribution in [0.25, 0.3) is 33.4 Å². The highest BCUT2D eigenvalue weighted by atomic mass is 19.4. The average molecular weight is 1360 g/mol. The molecule has 0 saturated heterocycles. The highest BCUT2D eigenvalue weighted by Crippen LogP contribution is 2.51. The molecule has 5 heteroatoms. The van der Waals surface area contributed by atoms with Crippen LogP contribution >= 0.6 is 0 Å². The molecule has 544 valence electrons. The van der Waals surface area contributed by atoms with E-state index in [2.05, 4.69) is 97.0 Å². The van der Waals surface area contributed by atoms with Crippen molar-refractivity contribution in [3.05, 3.63) is 176 Å². The number of rotatable bonds is 6. The largest absolute Gasteiger partial charge is 0.394 e. The molecular weight excluding hydrogens is 1200 g/mol. The fourth-order valence-electron chi connectivity index (χ4n) is 11.6. The van der Waals surface area contributed by atoms with E-state index in [0.717, 1.165) is 56.9 Å². The summed E-state index contributed by atoms with van der Waals surface area (Å²) in [6, 6.07) is 33.4. The minimum Gasteiger partial charge on any atom is -0.207 e. The van der Waals surface area contributed by atoms with E-state index in [-0.39, 0.29) is 68.5 Å². The lowest BCUT2D eigenvalue weighted by Gasteiger charge is -2.40. The summed E-state index contributed by atoms with van der Waals surface area (Å²) >= 11 is 0. The van der Waals surface area contributed by atoms with Crippen LogP contribution in [-0.4, -0.2) is 12.1 Å². The zero-order valence-electron chi connectivity index (χ0n) is 83.6. The minimum absolute atomic E-state index is 0.0115. The van der Waals surface area contributed by atoms with Gasteiger partial charge in [0.05, 0.1) is 5.41 Å². The molecule has 4 fully saturated rings. The zero-order chi connectivity index (χ0) is 90.4. The molecule has 97 heavy (non-hydrogen) atoms. The Morgan fingerprint density at radius 1 is 0.371 bits per heavy atom. The predicted molar refractivity (Wildman–Crippen MR) is 420 cm³/mol. The van der Waals surface area contributed by atoms with Crippen LogP contribution in [0.1, 0.15) is 352 Å². The van der Waals surface area contributed by atoms with Gasteiger partial charge in [-0.15, -0.1) is 0 Å². The quantitative estimate of drug-likeness (QED) is 0.146. The standard InChI is InChI=1S/2C24H32.C21H26.C8H15F3.C7H12F2.4C2H6/c1-16-7-9-23(19(4)18(16)3)22-10-8-21(15-17(22)2)20-11-13-24(5,6)14-12-20;1-16-13-18(3)23(15-17(16)2)22-8-7-21(14-19(22)4)20-9-11-24(5,6)12-10-20;1-16-4-6-17(7-5-16)18-8-10-19(11-9-18)20-12-14-21(2,3)15-13-20;1-6(2,3)7(4,5)8(9,10)11;1-6-2-4-7(8,9)5-3-6;4*1-2/h7-10,15,20H,11-14H2,1-6H3;7-8,13-15,20H,9-12H2,1-6H3;4-11,20H,12-15H2,1-3H3;1-5H3;6H,2-5H2,1H3;4*1-2H3/i2D3,4D3,20D;2D3,3D3,4D3,20D;20D;;6D;;;;. The molecule has 0 unspecified atom stereocenters. The van der Waals surface area contributed by atoms with Crippen LogP contribution in [-0.2, 0) is 0 Å². The second-order valence-corrected chi connectivity index (χ2v) is 30.1. The number of hydrogen-bond acceptors (Lipinski definition) is 0. The van der Waals surface area contributed by atoms with Gasteiger partial charge in [0.2, 0.25) is 5.92 Å². The van der Waals surface area contributed by atoms with Gasteiger partial charge in [0.25, 0.3) is 0 Å². The predicted octanol–water partition coefficient (Wildman–Crippen LogP) is 31.4. The number of aryl methyl sites for hydroxylation is 7. The molecule has 6 aromatic rings. The third-order valence-electron chi connectivity index (χ3n) is 20.3. The van der Waals surface area contributed by atoms with Crippen LogP contribution in [0.15, 0.2) is 109 Å².